The lowest BCUT2D eigenvalue weighted by atomic mass is 10.0. The van der Waals surface area contributed by atoms with Gasteiger partial charge < -0.3 is 4.90 Å². The van der Waals surface area contributed by atoms with Crippen LogP contribution in [0.5, 0.6) is 0 Å². The average Bonchev–Trinajstić information content (AvgIpc) is 2.18. The molecule has 1 unspecified atom stereocenters. The zero-order chi connectivity index (χ0) is 11.1. The van der Waals surface area contributed by atoms with Crippen molar-refractivity contribution in [3.63, 3.8) is 0 Å². The van der Waals surface area contributed by atoms with Crippen LogP contribution in [-0.2, 0) is 4.79 Å². The summed E-state index contributed by atoms with van der Waals surface area (Å²) in [5, 5.41) is 0. The number of rotatable bonds is 6. The van der Waals surface area contributed by atoms with Gasteiger partial charge in [-0.15, -0.1) is 0 Å². The molecule has 0 rings (SSSR count). The fraction of sp³-hybridized carbons (Fsp3) is 0.818. The Morgan fingerprint density at radius 2 is 1.79 bits per heavy atom. The fourth-order valence-electron chi connectivity index (χ4n) is 1.24. The van der Waals surface area contributed by atoms with Crippen LogP contribution in [0.2, 0.25) is 0 Å². The first-order chi connectivity index (χ1) is 6.56. The van der Waals surface area contributed by atoms with Crippen molar-refractivity contribution in [3.8, 4) is 0 Å². The van der Waals surface area contributed by atoms with E-state index in [9.17, 15) is 4.79 Å². The lowest BCUT2D eigenvalue weighted by Gasteiger charge is -2.21. The summed E-state index contributed by atoms with van der Waals surface area (Å²) in [6.07, 6.45) is 1.34. The smallest absolute Gasteiger partial charge is 0.142 e. The SMILES string of the molecule is CCC(C)C(=O)CC(=S)N(CC)CC. The minimum absolute atomic E-state index is 0.142. The van der Waals surface area contributed by atoms with Crippen molar-refractivity contribution < 1.29 is 4.79 Å². The summed E-state index contributed by atoms with van der Waals surface area (Å²) >= 11 is 5.22. The molecule has 0 spiro atoms. The molecule has 82 valence electrons. The Morgan fingerprint density at radius 3 is 2.14 bits per heavy atom. The quantitative estimate of drug-likeness (QED) is 0.635. The molecule has 0 aliphatic carbocycles. The van der Waals surface area contributed by atoms with E-state index in [4.69, 9.17) is 12.2 Å². The van der Waals surface area contributed by atoms with Crippen LogP contribution in [0.4, 0.5) is 0 Å². The molecule has 0 saturated heterocycles. The highest BCUT2D eigenvalue weighted by atomic mass is 32.1. The number of nitrogens with zero attached hydrogens (tertiary/aromatic N) is 1. The molecule has 0 heterocycles. The van der Waals surface area contributed by atoms with Gasteiger partial charge in [0.05, 0.1) is 11.4 Å². The van der Waals surface area contributed by atoms with Gasteiger partial charge in [-0.1, -0.05) is 26.1 Å². The van der Waals surface area contributed by atoms with E-state index in [0.717, 1.165) is 24.5 Å². The van der Waals surface area contributed by atoms with Gasteiger partial charge in [-0.2, -0.15) is 0 Å². The molecule has 14 heavy (non-hydrogen) atoms. The second-order valence-corrected chi connectivity index (χ2v) is 3.99. The maximum absolute atomic E-state index is 11.6. The van der Waals surface area contributed by atoms with Crippen LogP contribution in [0.1, 0.15) is 40.5 Å². The monoisotopic (exact) mass is 215 g/mol. The Hall–Kier alpha value is -0.440. The zero-order valence-electron chi connectivity index (χ0n) is 9.67. The van der Waals surface area contributed by atoms with E-state index in [1.165, 1.54) is 0 Å². The molecule has 0 saturated carbocycles. The summed E-state index contributed by atoms with van der Waals surface area (Å²) in [5.41, 5.74) is 0. The first-order valence-corrected chi connectivity index (χ1v) is 5.78. The number of hydrogen-bond donors (Lipinski definition) is 0. The average molecular weight is 215 g/mol. The Kier molecular flexibility index (Phi) is 6.71. The molecule has 0 bridgehead atoms. The number of thiocarbonyl (C=S) groups is 1. The molecule has 0 amide bonds. The van der Waals surface area contributed by atoms with Crippen molar-refractivity contribution >= 4 is 23.0 Å². The topological polar surface area (TPSA) is 20.3 Å². The number of carbonyl (C=O) groups is 1. The summed E-state index contributed by atoms with van der Waals surface area (Å²) in [7, 11) is 0. The van der Waals surface area contributed by atoms with Crippen LogP contribution in [0, 0.1) is 5.92 Å². The van der Waals surface area contributed by atoms with E-state index in [1.807, 2.05) is 13.8 Å². The third kappa shape index (κ3) is 4.18. The summed E-state index contributed by atoms with van der Waals surface area (Å²) in [5.74, 6) is 0.410. The Balaban J connectivity index is 4.11. The van der Waals surface area contributed by atoms with Crippen LogP contribution >= 0.6 is 12.2 Å². The van der Waals surface area contributed by atoms with Gasteiger partial charge in [0.15, 0.2) is 0 Å². The molecule has 0 radical (unpaired) electrons. The second kappa shape index (κ2) is 6.93. The Bertz CT molecular complexity index is 199. The summed E-state index contributed by atoms with van der Waals surface area (Å²) in [6, 6.07) is 0. The van der Waals surface area contributed by atoms with E-state index in [0.29, 0.717) is 6.42 Å². The zero-order valence-corrected chi connectivity index (χ0v) is 10.5. The first kappa shape index (κ1) is 13.6. The van der Waals surface area contributed by atoms with E-state index < -0.39 is 0 Å². The molecule has 2 nitrogen and oxygen atoms in total. The van der Waals surface area contributed by atoms with E-state index in [2.05, 4.69) is 18.7 Å². The largest absolute Gasteiger partial charge is 0.366 e. The molecule has 3 heteroatoms. The lowest BCUT2D eigenvalue weighted by molar-refractivity contribution is -0.121. The molecule has 0 aromatic heterocycles. The third-order valence-electron chi connectivity index (χ3n) is 2.60. The van der Waals surface area contributed by atoms with E-state index >= 15 is 0 Å². The minimum Gasteiger partial charge on any atom is -0.366 e. The number of carbonyl (C=O) groups excluding carboxylic acids is 1. The number of Topliss-reactive ketones (excluding diaryl/α,β-unsaturated/α-hetero) is 1. The molecule has 0 fully saturated rings. The van der Waals surface area contributed by atoms with E-state index in [1.54, 1.807) is 0 Å². The Morgan fingerprint density at radius 1 is 1.29 bits per heavy atom. The molecule has 0 N–H and O–H groups in total. The van der Waals surface area contributed by atoms with Crippen LogP contribution in [0.3, 0.4) is 0 Å². The first-order valence-electron chi connectivity index (χ1n) is 5.37. The van der Waals surface area contributed by atoms with Gasteiger partial charge in [-0.3, -0.25) is 4.79 Å². The maximum atomic E-state index is 11.6. The summed E-state index contributed by atoms with van der Waals surface area (Å²) in [6.45, 7) is 9.90. The van der Waals surface area contributed by atoms with Gasteiger partial charge in [0, 0.05) is 19.0 Å². The van der Waals surface area contributed by atoms with Gasteiger partial charge in [0.2, 0.25) is 0 Å². The molecule has 0 aliphatic heterocycles. The van der Waals surface area contributed by atoms with Crippen molar-refractivity contribution in [1.82, 2.24) is 4.90 Å². The van der Waals surface area contributed by atoms with Gasteiger partial charge in [0.25, 0.3) is 0 Å². The highest BCUT2D eigenvalue weighted by molar-refractivity contribution is 7.80. The second-order valence-electron chi connectivity index (χ2n) is 3.52. The van der Waals surface area contributed by atoms with Gasteiger partial charge >= 0.3 is 0 Å². The van der Waals surface area contributed by atoms with Crippen molar-refractivity contribution in [2.45, 2.75) is 40.5 Å². The van der Waals surface area contributed by atoms with Crippen molar-refractivity contribution in [1.29, 1.82) is 0 Å². The highest BCUT2D eigenvalue weighted by Gasteiger charge is 2.15. The van der Waals surface area contributed by atoms with Crippen molar-refractivity contribution in [2.75, 3.05) is 13.1 Å². The number of hydrogen-bond acceptors (Lipinski definition) is 2. The van der Waals surface area contributed by atoms with Gasteiger partial charge in [-0.05, 0) is 20.3 Å². The van der Waals surface area contributed by atoms with Gasteiger partial charge in [-0.25, -0.2) is 0 Å². The van der Waals surface area contributed by atoms with Crippen LogP contribution < -0.4 is 0 Å². The standard InChI is InChI=1S/C11H21NOS/c1-5-9(4)10(13)8-11(14)12(6-2)7-3/h9H,5-8H2,1-4H3. The third-order valence-corrected chi connectivity index (χ3v) is 3.01. The van der Waals surface area contributed by atoms with Crippen LogP contribution in [-0.4, -0.2) is 28.8 Å². The Labute approximate surface area is 92.7 Å². The molecular formula is C11H21NOS. The highest BCUT2D eigenvalue weighted by Crippen LogP contribution is 2.08. The predicted octanol–water partition coefficient (Wildman–Crippen LogP) is 2.66. The summed E-state index contributed by atoms with van der Waals surface area (Å²) < 4.78 is 0. The molecule has 0 aromatic carbocycles. The van der Waals surface area contributed by atoms with Crippen LogP contribution in [0.15, 0.2) is 0 Å². The minimum atomic E-state index is 0.142. The lowest BCUT2D eigenvalue weighted by Crippen LogP contribution is -2.31. The summed E-state index contributed by atoms with van der Waals surface area (Å²) in [4.78, 5) is 14.5. The normalized spacial score (nSPS) is 12.3. The van der Waals surface area contributed by atoms with E-state index in [-0.39, 0.29) is 11.7 Å². The fourth-order valence-corrected chi connectivity index (χ4v) is 1.64. The maximum Gasteiger partial charge on any atom is 0.142 e. The molecule has 1 atom stereocenters. The van der Waals surface area contributed by atoms with Gasteiger partial charge in [0.1, 0.15) is 5.78 Å². The van der Waals surface area contributed by atoms with Crippen molar-refractivity contribution in [3.05, 3.63) is 0 Å². The molecular weight excluding hydrogens is 194 g/mol. The molecule has 0 aliphatic rings. The predicted molar refractivity (Wildman–Crippen MR) is 64.6 cm³/mol. The van der Waals surface area contributed by atoms with Crippen LogP contribution in [0.25, 0.3) is 0 Å². The molecule has 0 aromatic rings. The number of ketones is 1. The van der Waals surface area contributed by atoms with Crippen molar-refractivity contribution in [2.24, 2.45) is 5.92 Å².